The van der Waals surface area contributed by atoms with Crippen molar-refractivity contribution in [2.45, 2.75) is 0 Å². The first kappa shape index (κ1) is 15.4. The van der Waals surface area contributed by atoms with E-state index in [1.165, 1.54) is 6.33 Å². The standard InChI is InChI=1S/C19H13ClN4O/c20-14-8-6-13(7-9-14)16-10-15(12-4-2-1-3-5-12)23-17-18(24-16)21-11-22-19(17)25/h1-11,23H,(H,21,22,25). The summed E-state index contributed by atoms with van der Waals surface area (Å²) in [5, 5.41) is 3.82. The highest BCUT2D eigenvalue weighted by atomic mass is 35.5. The number of rotatable bonds is 2. The molecule has 0 radical (unpaired) electrons. The first-order valence-electron chi connectivity index (χ1n) is 7.67. The monoisotopic (exact) mass is 348 g/mol. The van der Waals surface area contributed by atoms with Gasteiger partial charge in [0.25, 0.3) is 5.56 Å². The number of allylic oxidation sites excluding steroid dienone is 1. The molecule has 6 heteroatoms. The number of H-pyrrole nitrogens is 1. The average molecular weight is 349 g/mol. The smallest absolute Gasteiger partial charge is 0.276 e. The highest BCUT2D eigenvalue weighted by molar-refractivity contribution is 6.30. The van der Waals surface area contributed by atoms with E-state index in [1.807, 2.05) is 48.5 Å². The number of hydrogen-bond acceptors (Lipinski definition) is 4. The van der Waals surface area contributed by atoms with Crippen LogP contribution < -0.4 is 10.9 Å². The Kier molecular flexibility index (Phi) is 3.91. The zero-order valence-electron chi connectivity index (χ0n) is 13.0. The molecule has 0 saturated heterocycles. The average Bonchev–Trinajstić information content (AvgIpc) is 2.84. The van der Waals surface area contributed by atoms with Gasteiger partial charge in [-0.2, -0.15) is 0 Å². The van der Waals surface area contributed by atoms with Gasteiger partial charge in [-0.05, 0) is 23.8 Å². The molecule has 0 spiro atoms. The lowest BCUT2D eigenvalue weighted by molar-refractivity contribution is 1.11. The van der Waals surface area contributed by atoms with Gasteiger partial charge in [-0.15, -0.1) is 0 Å². The van der Waals surface area contributed by atoms with Crippen molar-refractivity contribution in [1.29, 1.82) is 0 Å². The molecule has 2 aromatic carbocycles. The third kappa shape index (κ3) is 3.09. The van der Waals surface area contributed by atoms with Gasteiger partial charge in [0.05, 0.1) is 12.0 Å². The van der Waals surface area contributed by atoms with E-state index < -0.39 is 0 Å². The molecule has 122 valence electrons. The minimum absolute atomic E-state index is 0.270. The molecule has 4 rings (SSSR count). The first-order chi connectivity index (χ1) is 12.2. The van der Waals surface area contributed by atoms with Gasteiger partial charge in [0.1, 0.15) is 0 Å². The highest BCUT2D eigenvalue weighted by Crippen LogP contribution is 2.28. The summed E-state index contributed by atoms with van der Waals surface area (Å²) in [7, 11) is 0. The van der Waals surface area contributed by atoms with Crippen molar-refractivity contribution in [3.05, 3.63) is 93.5 Å². The van der Waals surface area contributed by atoms with E-state index >= 15 is 0 Å². The van der Waals surface area contributed by atoms with Crippen LogP contribution in [-0.4, -0.2) is 15.7 Å². The van der Waals surface area contributed by atoms with E-state index in [9.17, 15) is 4.79 Å². The van der Waals surface area contributed by atoms with Crippen LogP contribution in [0.15, 0.2) is 76.8 Å². The van der Waals surface area contributed by atoms with Crippen LogP contribution in [-0.2, 0) is 0 Å². The number of nitrogens with zero attached hydrogens (tertiary/aromatic N) is 2. The van der Waals surface area contributed by atoms with Crippen molar-refractivity contribution in [3.8, 4) is 0 Å². The van der Waals surface area contributed by atoms with Gasteiger partial charge >= 0.3 is 0 Å². The Morgan fingerprint density at radius 3 is 2.44 bits per heavy atom. The molecule has 1 aliphatic heterocycles. The predicted octanol–water partition coefficient (Wildman–Crippen LogP) is 4.01. The van der Waals surface area contributed by atoms with Gasteiger partial charge in [0.15, 0.2) is 11.5 Å². The van der Waals surface area contributed by atoms with Gasteiger partial charge in [-0.3, -0.25) is 4.79 Å². The fraction of sp³-hybridized carbons (Fsp3) is 0. The summed E-state index contributed by atoms with van der Waals surface area (Å²) in [6.07, 6.45) is 3.25. The summed E-state index contributed by atoms with van der Waals surface area (Å²) >= 11 is 5.98. The van der Waals surface area contributed by atoms with Crippen molar-refractivity contribution in [1.82, 2.24) is 9.97 Å². The maximum absolute atomic E-state index is 12.2. The van der Waals surface area contributed by atoms with Crippen LogP contribution in [0.2, 0.25) is 5.02 Å². The first-order valence-corrected chi connectivity index (χ1v) is 8.05. The fourth-order valence-corrected chi connectivity index (χ4v) is 2.71. The molecule has 3 aromatic rings. The van der Waals surface area contributed by atoms with E-state index in [2.05, 4.69) is 20.3 Å². The van der Waals surface area contributed by atoms with Crippen LogP contribution >= 0.6 is 11.6 Å². The number of hydrogen-bond donors (Lipinski definition) is 2. The molecule has 2 N–H and O–H groups in total. The zero-order valence-corrected chi connectivity index (χ0v) is 13.8. The molecule has 2 heterocycles. The second kappa shape index (κ2) is 6.37. The summed E-state index contributed by atoms with van der Waals surface area (Å²) in [6, 6.07) is 17.1. The van der Waals surface area contributed by atoms with Crippen LogP contribution in [0.4, 0.5) is 11.5 Å². The molecule has 0 aliphatic carbocycles. The van der Waals surface area contributed by atoms with E-state index in [0.29, 0.717) is 22.2 Å². The quantitative estimate of drug-likeness (QED) is 0.735. The summed E-state index contributed by atoms with van der Waals surface area (Å²) < 4.78 is 0. The van der Waals surface area contributed by atoms with Gasteiger partial charge < -0.3 is 10.3 Å². The minimum atomic E-state index is -0.270. The molecule has 0 fully saturated rings. The van der Waals surface area contributed by atoms with Gasteiger partial charge in [-0.25, -0.2) is 9.98 Å². The number of benzene rings is 2. The van der Waals surface area contributed by atoms with E-state index in [4.69, 9.17) is 11.6 Å². The largest absolute Gasteiger partial charge is 0.347 e. The highest BCUT2D eigenvalue weighted by Gasteiger charge is 2.17. The molecule has 0 atom stereocenters. The molecular weight excluding hydrogens is 336 g/mol. The lowest BCUT2D eigenvalue weighted by atomic mass is 10.1. The van der Waals surface area contributed by atoms with Crippen molar-refractivity contribution < 1.29 is 0 Å². The van der Waals surface area contributed by atoms with E-state index in [1.54, 1.807) is 12.1 Å². The predicted molar refractivity (Wildman–Crippen MR) is 101 cm³/mol. The third-order valence-corrected chi connectivity index (χ3v) is 4.08. The summed E-state index contributed by atoms with van der Waals surface area (Å²) in [5.41, 5.74) is 3.34. The second-order valence-corrected chi connectivity index (χ2v) is 5.92. The molecule has 0 unspecified atom stereocenters. The lowest BCUT2D eigenvalue weighted by Crippen LogP contribution is -2.13. The molecule has 1 aliphatic rings. The summed E-state index contributed by atoms with van der Waals surface area (Å²) in [4.78, 5) is 23.6. The molecule has 0 amide bonds. The van der Waals surface area contributed by atoms with E-state index in [-0.39, 0.29) is 5.56 Å². The van der Waals surface area contributed by atoms with Gasteiger partial charge in [0.2, 0.25) is 0 Å². The Labute approximate surface area is 148 Å². The van der Waals surface area contributed by atoms with Crippen molar-refractivity contribution in [2.24, 2.45) is 4.99 Å². The van der Waals surface area contributed by atoms with Crippen LogP contribution in [0.25, 0.3) is 5.70 Å². The normalized spacial score (nSPS) is 13.2. The van der Waals surface area contributed by atoms with Crippen LogP contribution in [0, 0.1) is 0 Å². The molecule has 25 heavy (non-hydrogen) atoms. The summed E-state index contributed by atoms with van der Waals surface area (Å²) in [6.45, 7) is 0. The number of aromatic amines is 1. The molecule has 0 saturated carbocycles. The topological polar surface area (TPSA) is 70.1 Å². The van der Waals surface area contributed by atoms with E-state index in [0.717, 1.165) is 16.8 Å². The zero-order chi connectivity index (χ0) is 17.2. The minimum Gasteiger partial charge on any atom is -0.347 e. The number of halogens is 1. The maximum Gasteiger partial charge on any atom is 0.276 e. The van der Waals surface area contributed by atoms with Crippen LogP contribution in [0.3, 0.4) is 0 Å². The van der Waals surface area contributed by atoms with Gasteiger partial charge in [0, 0.05) is 16.3 Å². The number of aromatic nitrogens is 2. The van der Waals surface area contributed by atoms with Crippen molar-refractivity contribution in [3.63, 3.8) is 0 Å². The molecular formula is C19H13ClN4O. The van der Waals surface area contributed by atoms with Crippen LogP contribution in [0.1, 0.15) is 11.1 Å². The third-order valence-electron chi connectivity index (χ3n) is 3.83. The lowest BCUT2D eigenvalue weighted by Gasteiger charge is -2.09. The second-order valence-electron chi connectivity index (χ2n) is 5.48. The number of anilines is 1. The Hall–Kier alpha value is -3.18. The molecule has 5 nitrogen and oxygen atoms in total. The maximum atomic E-state index is 12.2. The summed E-state index contributed by atoms with van der Waals surface area (Å²) in [5.74, 6) is 0.343. The van der Waals surface area contributed by atoms with Crippen molar-refractivity contribution >= 4 is 34.5 Å². The number of aliphatic imine (C=N–C) groups is 1. The Morgan fingerprint density at radius 2 is 1.68 bits per heavy atom. The van der Waals surface area contributed by atoms with Gasteiger partial charge in [-0.1, -0.05) is 54.1 Å². The fourth-order valence-electron chi connectivity index (χ4n) is 2.58. The SMILES string of the molecule is O=c1[nH]cnc2c1NC(c1ccccc1)=CC(c1ccc(Cl)cc1)=N2. The Morgan fingerprint density at radius 1 is 0.920 bits per heavy atom. The number of nitrogens with one attached hydrogen (secondary N) is 2. The van der Waals surface area contributed by atoms with Crippen molar-refractivity contribution in [2.75, 3.05) is 5.32 Å². The van der Waals surface area contributed by atoms with Crippen LogP contribution in [0.5, 0.6) is 0 Å². The Balaban J connectivity index is 1.92. The Bertz CT molecular complexity index is 1040. The molecule has 1 aromatic heterocycles. The molecule has 0 bridgehead atoms. The number of fused-ring (bicyclic) bond motifs is 1.